The molecule has 0 aliphatic heterocycles. The van der Waals surface area contributed by atoms with E-state index in [2.05, 4.69) is 216 Å². The predicted molar refractivity (Wildman–Crippen MR) is 299 cm³/mol. The first-order valence-corrected chi connectivity index (χ1v) is 33.6. The number of fused-ring (bicyclic) bond motifs is 6. The number of hydrogen-bond acceptors (Lipinski definition) is 4. The van der Waals surface area contributed by atoms with Crippen LogP contribution in [0.25, 0.3) is 68.1 Å². The third kappa shape index (κ3) is 6.67. The monoisotopic (exact) mass is 1060 g/mol. The second-order valence-corrected chi connectivity index (χ2v) is 34.5. The zero-order valence-electron chi connectivity index (χ0n) is 37.4. The highest BCUT2D eigenvalue weighted by Gasteiger charge is 2.50. The molecule has 8 aromatic rings. The van der Waals surface area contributed by atoms with Crippen LogP contribution in [0.4, 0.5) is 0 Å². The van der Waals surface area contributed by atoms with Gasteiger partial charge in [0.05, 0.1) is 16.1 Å². The third-order valence-electron chi connectivity index (χ3n) is 14.8. The van der Waals surface area contributed by atoms with Crippen LogP contribution in [0.3, 0.4) is 0 Å². The molecule has 0 bridgehead atoms. The molecule has 4 atom stereocenters. The number of hydrogen-bond donors (Lipinski definition) is 0. The van der Waals surface area contributed by atoms with Crippen molar-refractivity contribution >= 4 is 139 Å². The van der Waals surface area contributed by atoms with E-state index < -0.39 is 16.1 Å². The highest BCUT2D eigenvalue weighted by Crippen LogP contribution is 2.59. The molecule has 4 unspecified atom stereocenters. The Labute approximate surface area is 413 Å². The van der Waals surface area contributed by atoms with Crippen molar-refractivity contribution in [2.75, 3.05) is 0 Å². The van der Waals surface area contributed by atoms with E-state index in [-0.39, 0.29) is 0 Å². The normalized spacial score (nSPS) is 19.8. The highest BCUT2D eigenvalue weighted by atomic mass is 79.9. The smallest absolute Gasteiger partial charge is 0.0743 e. The lowest BCUT2D eigenvalue weighted by Gasteiger charge is -2.37. The van der Waals surface area contributed by atoms with Crippen LogP contribution in [0.2, 0.25) is 26.2 Å². The lowest BCUT2D eigenvalue weighted by atomic mass is 9.97. The third-order valence-corrected chi connectivity index (χ3v) is 30.8. The second-order valence-electron chi connectivity index (χ2n) is 19.6. The molecular weight excluding hydrogens is 1020 g/mol. The lowest BCUT2D eigenvalue weighted by Crippen LogP contribution is -2.41. The fourth-order valence-corrected chi connectivity index (χ4v) is 31.5. The maximum Gasteiger partial charge on any atom is 0.0743 e. The van der Waals surface area contributed by atoms with E-state index in [1.54, 1.807) is 41.8 Å². The molecule has 0 amide bonds. The van der Waals surface area contributed by atoms with Crippen molar-refractivity contribution in [3.8, 4) is 22.3 Å². The van der Waals surface area contributed by atoms with Crippen LogP contribution >= 0.6 is 77.2 Å². The Morgan fingerprint density at radius 2 is 0.688 bits per heavy atom. The first kappa shape index (κ1) is 43.1. The van der Waals surface area contributed by atoms with Gasteiger partial charge in [0.25, 0.3) is 0 Å². The second kappa shape index (κ2) is 16.1. The minimum Gasteiger partial charge on any atom is -0.147 e. The van der Waals surface area contributed by atoms with Gasteiger partial charge in [-0.15, -0.1) is 45.3 Å². The quantitative estimate of drug-likeness (QED) is 0.146. The van der Waals surface area contributed by atoms with E-state index in [0.29, 0.717) is 22.2 Å². The molecule has 0 nitrogen and oxygen atoms in total. The molecule has 4 aromatic carbocycles. The molecule has 4 heterocycles. The van der Waals surface area contributed by atoms with Gasteiger partial charge in [-0.05, 0) is 114 Å². The summed E-state index contributed by atoms with van der Waals surface area (Å²) in [4.78, 5) is 6.36. The lowest BCUT2D eigenvalue weighted by molar-refractivity contribution is 0.994. The molecule has 0 saturated heterocycles. The predicted octanol–water partition coefficient (Wildman–Crippen LogP) is 19.8. The van der Waals surface area contributed by atoms with Gasteiger partial charge in [0.15, 0.2) is 0 Å². The van der Waals surface area contributed by atoms with Gasteiger partial charge in [-0.1, -0.05) is 158 Å². The summed E-state index contributed by atoms with van der Waals surface area (Å²) in [6.45, 7) is 19.9. The van der Waals surface area contributed by atoms with Crippen LogP contribution in [0, 0.1) is 0 Å². The van der Waals surface area contributed by atoms with E-state index >= 15 is 0 Å². The van der Waals surface area contributed by atoms with Gasteiger partial charge in [0.1, 0.15) is 0 Å². The van der Waals surface area contributed by atoms with E-state index in [9.17, 15) is 0 Å². The molecule has 8 heteroatoms. The first-order valence-electron chi connectivity index (χ1n) is 22.2. The Balaban J connectivity index is 0.000000168. The zero-order valence-corrected chi connectivity index (χ0v) is 45.8. The molecule has 320 valence electrons. The summed E-state index contributed by atoms with van der Waals surface area (Å²) in [7, 11) is -3.46. The fourth-order valence-electron chi connectivity index (χ4n) is 12.4. The van der Waals surface area contributed by atoms with Gasteiger partial charge in [-0.2, -0.15) is 0 Å². The van der Waals surface area contributed by atoms with Crippen molar-refractivity contribution in [3.63, 3.8) is 0 Å². The topological polar surface area (TPSA) is 0 Å². The summed E-state index contributed by atoms with van der Waals surface area (Å²) >= 11 is 15.3. The maximum absolute atomic E-state index is 3.73. The zero-order chi connectivity index (χ0) is 44.4. The van der Waals surface area contributed by atoms with Crippen molar-refractivity contribution in [3.05, 3.63) is 179 Å². The number of rotatable bonds is 6. The first-order chi connectivity index (χ1) is 30.8. The van der Waals surface area contributed by atoms with E-state index in [0.717, 1.165) is 0 Å². The molecule has 0 saturated carbocycles. The Morgan fingerprint density at radius 3 is 1.08 bits per heavy atom. The maximum atomic E-state index is 3.73. The van der Waals surface area contributed by atoms with Crippen molar-refractivity contribution < 1.29 is 0 Å². The van der Waals surface area contributed by atoms with E-state index in [1.807, 2.05) is 45.3 Å². The number of halogens is 2. The minimum atomic E-state index is -1.86. The summed E-state index contributed by atoms with van der Waals surface area (Å²) in [6.07, 6.45) is 9.86. The minimum absolute atomic E-state index is 0.536. The fraction of sp³-hybridized carbons (Fsp3) is 0.214. The van der Waals surface area contributed by atoms with Gasteiger partial charge in [0, 0.05) is 83.6 Å². The van der Waals surface area contributed by atoms with E-state index in [1.165, 1.54) is 75.0 Å². The Morgan fingerprint density at radius 1 is 0.375 bits per heavy atom. The summed E-state index contributed by atoms with van der Waals surface area (Å²) in [5.41, 5.74) is 19.9. The SMILES string of the molecule is CC1=Cc2c(-c3cccc4ccccc34)csc2C1[Si](C)(C)C1C(C)=Cc2c(-c3cccc4ccccc34)csc21.CC1=Cc2c(Br)csc2C1[Si](C)(C)C1C(C)=Cc2c(Br)csc21. The van der Waals surface area contributed by atoms with Crippen LogP contribution in [0.15, 0.2) is 138 Å². The van der Waals surface area contributed by atoms with Crippen LogP contribution in [-0.2, 0) is 0 Å². The molecule has 0 spiro atoms. The van der Waals surface area contributed by atoms with E-state index in [4.69, 9.17) is 0 Å². The number of benzene rings is 4. The molecule has 0 radical (unpaired) electrons. The molecule has 4 aliphatic rings. The number of thiophene rings is 4. The molecule has 0 N–H and O–H groups in total. The molecular formula is C56H50Br2S4Si2. The number of allylic oxidation sites excluding steroid dienone is 4. The van der Waals surface area contributed by atoms with Crippen molar-refractivity contribution in [1.82, 2.24) is 0 Å². The average Bonchev–Trinajstić information content (AvgIpc) is 4.16. The summed E-state index contributed by atoms with van der Waals surface area (Å²) in [6, 6.07) is 31.1. The highest BCUT2D eigenvalue weighted by molar-refractivity contribution is 9.11. The van der Waals surface area contributed by atoms with Crippen LogP contribution in [0.5, 0.6) is 0 Å². The van der Waals surface area contributed by atoms with Crippen LogP contribution < -0.4 is 0 Å². The Kier molecular flexibility index (Phi) is 10.9. The standard InChI is InChI=1S/C38H32S2Si.C18H18Br2S2Si/c1-23-19-31-33(29-17-9-13-25-11-5-7-15-27(25)29)21-39-35(31)37(23)41(3,4)38-24(2)20-32-34(22-40-36(32)38)30-18-10-14-26-12-6-8-16-28(26)30;1-9-5-11-13(19)7-21-15(11)17(9)23(3,4)18-10(2)6-12-14(20)8-22-16(12)18/h5-22,37-38H,1-4H3;5-8,17-18H,1-4H3. The molecule has 12 rings (SSSR count). The molecule has 4 aliphatic carbocycles. The van der Waals surface area contributed by atoms with Gasteiger partial charge in [-0.3, -0.25) is 0 Å². The Hall–Kier alpha value is -3.45. The molecule has 4 aromatic heterocycles. The van der Waals surface area contributed by atoms with Crippen molar-refractivity contribution in [2.45, 2.75) is 76.0 Å². The van der Waals surface area contributed by atoms with Gasteiger partial charge in [0.2, 0.25) is 0 Å². The Bertz CT molecular complexity index is 3110. The molecule has 64 heavy (non-hydrogen) atoms. The summed E-state index contributed by atoms with van der Waals surface area (Å²) in [5.74, 6) is 0. The molecule has 0 fully saturated rings. The van der Waals surface area contributed by atoms with Gasteiger partial charge < -0.3 is 0 Å². The van der Waals surface area contributed by atoms with Crippen molar-refractivity contribution in [1.29, 1.82) is 0 Å². The van der Waals surface area contributed by atoms with Gasteiger partial charge >= 0.3 is 0 Å². The summed E-state index contributed by atoms with van der Waals surface area (Å²) in [5, 5.41) is 14.7. The van der Waals surface area contributed by atoms with Crippen molar-refractivity contribution in [2.24, 2.45) is 0 Å². The average molecular weight is 1070 g/mol. The summed E-state index contributed by atoms with van der Waals surface area (Å²) < 4.78 is 2.53. The van der Waals surface area contributed by atoms with Crippen LogP contribution in [-0.4, -0.2) is 16.1 Å². The largest absolute Gasteiger partial charge is 0.147 e. The van der Waals surface area contributed by atoms with Crippen LogP contribution in [0.1, 0.15) is 91.6 Å². The van der Waals surface area contributed by atoms with Gasteiger partial charge in [-0.25, -0.2) is 0 Å².